The largest absolute Gasteiger partial charge is 0.508 e. The molecule has 0 aliphatic rings. The molecule has 0 bridgehead atoms. The number of phenols is 1. The molecule has 0 radical (unpaired) electrons. The maximum Gasteiger partial charge on any atom is 0.408 e. The Morgan fingerprint density at radius 1 is 0.970 bits per heavy atom. The van der Waals surface area contributed by atoms with Crippen molar-refractivity contribution >= 4 is 57.2 Å². The van der Waals surface area contributed by atoms with E-state index in [0.717, 1.165) is 18.3 Å². The average Bonchev–Trinajstić information content (AvgIpc) is 2.76. The number of phenolic OH excluding ortho intramolecular Hbond substituents is 1. The predicted molar refractivity (Wildman–Crippen MR) is 140 cm³/mol. The molecule has 0 aromatic heterocycles. The Kier molecular flexibility index (Phi) is 8.40. The number of aromatic hydroxyl groups is 1. The summed E-state index contributed by atoms with van der Waals surface area (Å²) in [5.74, 6) is 0.158. The molecule has 0 saturated carbocycles. The first kappa shape index (κ1) is 25.1. The lowest BCUT2D eigenvalue weighted by atomic mass is 9.93. The molecule has 172 valence electrons. The Labute approximate surface area is 218 Å². The van der Waals surface area contributed by atoms with Gasteiger partial charge in [0.2, 0.25) is 0 Å². The zero-order valence-corrected chi connectivity index (χ0v) is 21.9. The number of carbonyl (C=O) groups excluding carboxylic acids is 1. The van der Waals surface area contributed by atoms with Crippen molar-refractivity contribution in [3.8, 4) is 17.2 Å². The highest BCUT2D eigenvalue weighted by Crippen LogP contribution is 2.34. The van der Waals surface area contributed by atoms with E-state index >= 15 is 0 Å². The van der Waals surface area contributed by atoms with Crippen molar-refractivity contribution in [2.45, 2.75) is 25.5 Å². The molecule has 0 aliphatic heterocycles. The van der Waals surface area contributed by atoms with Gasteiger partial charge in [-0.2, -0.15) is 0 Å². The van der Waals surface area contributed by atoms with E-state index in [2.05, 4.69) is 50.5 Å². The summed E-state index contributed by atoms with van der Waals surface area (Å²) in [6.07, 6.45) is -0.755. The molecular formula is C24H21I2NO6. The minimum atomic E-state index is -1.57. The first-order chi connectivity index (χ1) is 15.7. The van der Waals surface area contributed by atoms with Crippen LogP contribution >= 0.6 is 45.2 Å². The number of aliphatic carboxylic acids is 1. The van der Waals surface area contributed by atoms with E-state index in [1.807, 2.05) is 42.5 Å². The molecule has 1 atom stereocenters. The highest BCUT2D eigenvalue weighted by atomic mass is 127. The fraction of sp³-hybridized carbons (Fsp3) is 0.167. The van der Waals surface area contributed by atoms with Gasteiger partial charge in [-0.15, -0.1) is 0 Å². The number of carbonyl (C=O) groups is 2. The van der Waals surface area contributed by atoms with Crippen molar-refractivity contribution in [3.63, 3.8) is 0 Å². The number of benzene rings is 3. The summed E-state index contributed by atoms with van der Waals surface area (Å²) < 4.78 is 12.7. The van der Waals surface area contributed by atoms with Crippen LogP contribution in [0.2, 0.25) is 0 Å². The van der Waals surface area contributed by atoms with Crippen LogP contribution in [0.5, 0.6) is 17.2 Å². The number of carboxylic acids is 1. The van der Waals surface area contributed by atoms with Crippen LogP contribution in [0.15, 0.2) is 66.7 Å². The van der Waals surface area contributed by atoms with Gasteiger partial charge in [-0.3, -0.25) is 0 Å². The van der Waals surface area contributed by atoms with E-state index < -0.39 is 17.6 Å². The molecule has 0 heterocycles. The van der Waals surface area contributed by atoms with Gasteiger partial charge in [0.1, 0.15) is 23.6 Å². The third-order valence-corrected chi connectivity index (χ3v) is 6.34. The summed E-state index contributed by atoms with van der Waals surface area (Å²) in [4.78, 5) is 24.3. The summed E-state index contributed by atoms with van der Waals surface area (Å²) in [7, 11) is 0. The van der Waals surface area contributed by atoms with E-state index in [1.54, 1.807) is 12.1 Å². The Morgan fingerprint density at radius 2 is 1.58 bits per heavy atom. The van der Waals surface area contributed by atoms with Gasteiger partial charge in [-0.05, 0) is 99.6 Å². The van der Waals surface area contributed by atoms with Crippen LogP contribution in [0, 0.1) is 7.14 Å². The fourth-order valence-corrected chi connectivity index (χ4v) is 5.13. The molecule has 3 aromatic rings. The van der Waals surface area contributed by atoms with E-state index in [4.69, 9.17) is 9.47 Å². The molecule has 9 heteroatoms. The highest BCUT2D eigenvalue weighted by Gasteiger charge is 2.36. The van der Waals surface area contributed by atoms with Crippen LogP contribution in [-0.4, -0.2) is 27.8 Å². The molecule has 0 aliphatic carbocycles. The van der Waals surface area contributed by atoms with Crippen molar-refractivity contribution in [2.24, 2.45) is 0 Å². The van der Waals surface area contributed by atoms with E-state index in [9.17, 15) is 19.8 Å². The Balaban J connectivity index is 1.72. The first-order valence-electron chi connectivity index (χ1n) is 9.83. The average molecular weight is 673 g/mol. The maximum absolute atomic E-state index is 12.3. The third-order valence-electron chi connectivity index (χ3n) is 4.74. The fourth-order valence-electron chi connectivity index (χ4n) is 3.01. The molecule has 3 aromatic carbocycles. The van der Waals surface area contributed by atoms with Gasteiger partial charge in [0, 0.05) is 6.42 Å². The number of hydrogen-bond acceptors (Lipinski definition) is 5. The van der Waals surface area contributed by atoms with Crippen LogP contribution in [-0.2, 0) is 22.6 Å². The second-order valence-corrected chi connectivity index (χ2v) is 9.81. The van der Waals surface area contributed by atoms with Crippen LogP contribution in [0.1, 0.15) is 18.1 Å². The predicted octanol–water partition coefficient (Wildman–Crippen LogP) is 5.71. The van der Waals surface area contributed by atoms with Crippen molar-refractivity contribution in [1.82, 2.24) is 5.32 Å². The minimum absolute atomic E-state index is 0.0431. The topological polar surface area (TPSA) is 105 Å². The summed E-state index contributed by atoms with van der Waals surface area (Å²) in [5, 5.41) is 21.7. The number of nitrogens with one attached hydrogen (secondary N) is 1. The number of amides is 1. The van der Waals surface area contributed by atoms with E-state index in [0.29, 0.717) is 11.5 Å². The number of alkyl carbamates (subject to hydrolysis) is 1. The van der Waals surface area contributed by atoms with Gasteiger partial charge >= 0.3 is 12.1 Å². The maximum atomic E-state index is 12.3. The SMILES string of the molecule is C[C@@](Cc1cc(I)c(Oc2ccc(O)cc2)c(I)c1)(NC(=O)OCc1ccccc1)C(=O)O. The van der Waals surface area contributed by atoms with E-state index in [-0.39, 0.29) is 18.8 Å². The van der Waals surface area contributed by atoms with Gasteiger partial charge in [0.15, 0.2) is 5.75 Å². The molecule has 3 rings (SSSR count). The minimum Gasteiger partial charge on any atom is -0.508 e. The Bertz CT molecular complexity index is 1110. The van der Waals surface area contributed by atoms with Crippen LogP contribution in [0.3, 0.4) is 0 Å². The first-order valence-corrected chi connectivity index (χ1v) is 12.0. The van der Waals surface area contributed by atoms with Crippen molar-refractivity contribution in [3.05, 3.63) is 85.0 Å². The Morgan fingerprint density at radius 3 is 2.15 bits per heavy atom. The summed E-state index contributed by atoms with van der Waals surface area (Å²) in [5.41, 5.74) is -0.0488. The lowest BCUT2D eigenvalue weighted by Crippen LogP contribution is -2.53. The molecular weight excluding hydrogens is 652 g/mol. The normalized spacial score (nSPS) is 12.5. The molecule has 33 heavy (non-hydrogen) atoms. The van der Waals surface area contributed by atoms with Crippen molar-refractivity contribution in [2.75, 3.05) is 0 Å². The second-order valence-electron chi connectivity index (χ2n) is 7.49. The van der Waals surface area contributed by atoms with Crippen LogP contribution in [0.4, 0.5) is 4.79 Å². The van der Waals surface area contributed by atoms with Gasteiger partial charge in [0.05, 0.1) is 7.14 Å². The van der Waals surface area contributed by atoms with E-state index in [1.165, 1.54) is 19.1 Å². The zero-order valence-electron chi connectivity index (χ0n) is 17.5. The standard InChI is InChI=1S/C24H21I2NO6/c1-24(22(29)30,27-23(31)32-14-15-5-3-2-4-6-15)13-16-11-19(25)21(20(26)12-16)33-18-9-7-17(28)8-10-18/h2-12,28H,13-14H2,1H3,(H,27,31)(H,29,30)/t24-/m0/s1. The molecule has 7 nitrogen and oxygen atoms in total. The Hall–Kier alpha value is -2.54. The van der Waals surface area contributed by atoms with Gasteiger partial charge in [-0.1, -0.05) is 30.3 Å². The van der Waals surface area contributed by atoms with Crippen LogP contribution in [0.25, 0.3) is 0 Å². The third kappa shape index (κ3) is 6.97. The van der Waals surface area contributed by atoms with Gasteiger partial charge in [-0.25, -0.2) is 9.59 Å². The molecule has 3 N–H and O–H groups in total. The van der Waals surface area contributed by atoms with Crippen molar-refractivity contribution in [1.29, 1.82) is 0 Å². The second kappa shape index (κ2) is 11.1. The highest BCUT2D eigenvalue weighted by molar-refractivity contribution is 14.1. The molecule has 1 amide bonds. The van der Waals surface area contributed by atoms with Gasteiger partial charge < -0.3 is 25.0 Å². The van der Waals surface area contributed by atoms with Crippen LogP contribution < -0.4 is 10.1 Å². The zero-order chi connectivity index (χ0) is 24.0. The number of hydrogen-bond donors (Lipinski definition) is 3. The quantitative estimate of drug-likeness (QED) is 0.265. The number of ether oxygens (including phenoxy) is 2. The molecule has 0 fully saturated rings. The van der Waals surface area contributed by atoms with Crippen molar-refractivity contribution < 1.29 is 29.3 Å². The molecule has 0 unspecified atom stereocenters. The smallest absolute Gasteiger partial charge is 0.408 e. The summed E-state index contributed by atoms with van der Waals surface area (Å²) >= 11 is 4.24. The summed E-state index contributed by atoms with van der Waals surface area (Å²) in [6.45, 7) is 1.49. The molecule has 0 spiro atoms. The number of rotatable bonds is 8. The van der Waals surface area contributed by atoms with Gasteiger partial charge in [0.25, 0.3) is 0 Å². The monoisotopic (exact) mass is 673 g/mol. The number of halogens is 2. The lowest BCUT2D eigenvalue weighted by molar-refractivity contribution is -0.143. The lowest BCUT2D eigenvalue weighted by Gasteiger charge is -2.26. The number of carboxylic acid groups (broad SMARTS) is 1. The molecule has 0 saturated heterocycles. The summed E-state index contributed by atoms with van der Waals surface area (Å²) in [6, 6.07) is 19.2.